The van der Waals surface area contributed by atoms with Crippen LogP contribution in [0.2, 0.25) is 0 Å². The molecule has 0 radical (unpaired) electrons. The first-order valence-corrected chi connectivity index (χ1v) is 9.70. The number of carbonyl (C=O) groups is 1. The third-order valence-corrected chi connectivity index (χ3v) is 5.41. The SMILES string of the molecule is CCn1c(SCC(=O)c2ccc3c(c2)OCO3)nnc1-c1ccccc1C. The van der Waals surface area contributed by atoms with Gasteiger partial charge in [-0.2, -0.15) is 0 Å². The highest BCUT2D eigenvalue weighted by Crippen LogP contribution is 2.33. The number of benzene rings is 2. The van der Waals surface area contributed by atoms with Crippen molar-refractivity contribution in [3.63, 3.8) is 0 Å². The van der Waals surface area contributed by atoms with Crippen LogP contribution in [0.3, 0.4) is 0 Å². The first-order chi connectivity index (χ1) is 13.2. The molecule has 3 aromatic rings. The minimum atomic E-state index is 0.0152. The van der Waals surface area contributed by atoms with E-state index in [9.17, 15) is 4.79 Å². The molecule has 0 bridgehead atoms. The van der Waals surface area contributed by atoms with Crippen molar-refractivity contribution in [3.05, 3.63) is 53.6 Å². The van der Waals surface area contributed by atoms with E-state index in [1.165, 1.54) is 11.8 Å². The molecule has 27 heavy (non-hydrogen) atoms. The minimum absolute atomic E-state index is 0.0152. The lowest BCUT2D eigenvalue weighted by Crippen LogP contribution is -2.05. The van der Waals surface area contributed by atoms with Crippen molar-refractivity contribution in [2.45, 2.75) is 25.5 Å². The number of thioether (sulfide) groups is 1. The second-order valence-electron chi connectivity index (χ2n) is 6.15. The highest BCUT2D eigenvalue weighted by atomic mass is 32.2. The Balaban J connectivity index is 1.52. The van der Waals surface area contributed by atoms with Crippen LogP contribution in [0.25, 0.3) is 11.4 Å². The van der Waals surface area contributed by atoms with Gasteiger partial charge in [0.1, 0.15) is 0 Å². The summed E-state index contributed by atoms with van der Waals surface area (Å²) in [7, 11) is 0. The molecule has 2 aromatic carbocycles. The van der Waals surface area contributed by atoms with Gasteiger partial charge in [0.05, 0.1) is 5.75 Å². The Kier molecular flexibility index (Phi) is 4.85. The fourth-order valence-corrected chi connectivity index (χ4v) is 3.88. The van der Waals surface area contributed by atoms with Gasteiger partial charge in [-0.05, 0) is 37.6 Å². The van der Waals surface area contributed by atoms with E-state index >= 15 is 0 Å². The van der Waals surface area contributed by atoms with Crippen LogP contribution in [-0.2, 0) is 6.54 Å². The Morgan fingerprint density at radius 2 is 1.96 bits per heavy atom. The van der Waals surface area contributed by atoms with Gasteiger partial charge in [-0.1, -0.05) is 36.0 Å². The number of aromatic nitrogens is 3. The molecule has 1 aliphatic rings. The minimum Gasteiger partial charge on any atom is -0.454 e. The van der Waals surface area contributed by atoms with Crippen LogP contribution >= 0.6 is 11.8 Å². The van der Waals surface area contributed by atoms with Crippen LogP contribution in [0.15, 0.2) is 47.6 Å². The molecule has 138 valence electrons. The van der Waals surface area contributed by atoms with Gasteiger partial charge in [-0.25, -0.2) is 0 Å². The molecule has 0 saturated carbocycles. The number of nitrogens with zero attached hydrogens (tertiary/aromatic N) is 3. The van der Waals surface area contributed by atoms with Gasteiger partial charge < -0.3 is 14.0 Å². The molecule has 0 N–H and O–H groups in total. The molecule has 6 nitrogen and oxygen atoms in total. The maximum atomic E-state index is 12.6. The molecule has 0 spiro atoms. The van der Waals surface area contributed by atoms with E-state index in [1.807, 2.05) is 22.8 Å². The van der Waals surface area contributed by atoms with Gasteiger partial charge in [-0.3, -0.25) is 4.79 Å². The molecule has 0 aliphatic carbocycles. The Hall–Kier alpha value is -2.80. The maximum Gasteiger partial charge on any atom is 0.231 e. The smallest absolute Gasteiger partial charge is 0.231 e. The van der Waals surface area contributed by atoms with E-state index in [1.54, 1.807) is 18.2 Å². The molecule has 7 heteroatoms. The zero-order chi connectivity index (χ0) is 18.8. The zero-order valence-electron chi connectivity index (χ0n) is 15.1. The molecule has 0 amide bonds. The van der Waals surface area contributed by atoms with Crippen molar-refractivity contribution < 1.29 is 14.3 Å². The number of fused-ring (bicyclic) bond motifs is 1. The number of aryl methyl sites for hydroxylation is 1. The monoisotopic (exact) mass is 381 g/mol. The molecule has 1 aliphatic heterocycles. The topological polar surface area (TPSA) is 66.2 Å². The quantitative estimate of drug-likeness (QED) is 0.475. The molecule has 0 atom stereocenters. The van der Waals surface area contributed by atoms with Crippen LogP contribution in [0, 0.1) is 6.92 Å². The summed E-state index contributed by atoms with van der Waals surface area (Å²) in [6.07, 6.45) is 0. The largest absolute Gasteiger partial charge is 0.454 e. The summed E-state index contributed by atoms with van der Waals surface area (Å²) >= 11 is 1.40. The average molecular weight is 381 g/mol. The highest BCUT2D eigenvalue weighted by molar-refractivity contribution is 7.99. The second kappa shape index (κ2) is 7.44. The van der Waals surface area contributed by atoms with Crippen molar-refractivity contribution in [2.24, 2.45) is 0 Å². The molecule has 1 aromatic heterocycles. The molecule has 0 unspecified atom stereocenters. The molecule has 2 heterocycles. The van der Waals surface area contributed by atoms with E-state index in [-0.39, 0.29) is 18.3 Å². The summed E-state index contributed by atoms with van der Waals surface area (Å²) in [4.78, 5) is 12.6. The van der Waals surface area contributed by atoms with Crippen LogP contribution in [0.4, 0.5) is 0 Å². The Labute approximate surface area is 161 Å². The predicted octanol–water partition coefficient (Wildman–Crippen LogP) is 3.98. The highest BCUT2D eigenvalue weighted by Gasteiger charge is 2.19. The molecule has 4 rings (SSSR count). The van der Waals surface area contributed by atoms with E-state index < -0.39 is 0 Å². The number of carbonyl (C=O) groups excluding carboxylic acids is 1. The number of hydrogen-bond donors (Lipinski definition) is 0. The molecular formula is C20H19N3O3S. The third kappa shape index (κ3) is 3.42. The van der Waals surface area contributed by atoms with Crippen LogP contribution < -0.4 is 9.47 Å². The number of ether oxygens (including phenoxy) is 2. The first kappa shape index (κ1) is 17.6. The summed E-state index contributed by atoms with van der Waals surface area (Å²) in [5, 5.41) is 9.41. The lowest BCUT2D eigenvalue weighted by Gasteiger charge is -2.09. The fourth-order valence-electron chi connectivity index (χ4n) is 2.99. The summed E-state index contributed by atoms with van der Waals surface area (Å²) in [6, 6.07) is 13.4. The van der Waals surface area contributed by atoms with E-state index in [2.05, 4.69) is 30.1 Å². The second-order valence-corrected chi connectivity index (χ2v) is 7.09. The fraction of sp³-hybridized carbons (Fsp3) is 0.250. The molecule has 0 saturated heterocycles. The van der Waals surface area contributed by atoms with Gasteiger partial charge in [0.25, 0.3) is 0 Å². The van der Waals surface area contributed by atoms with Crippen molar-refractivity contribution in [1.82, 2.24) is 14.8 Å². The normalized spacial score (nSPS) is 12.4. The number of hydrogen-bond acceptors (Lipinski definition) is 6. The van der Waals surface area contributed by atoms with Gasteiger partial charge in [0, 0.05) is 17.7 Å². The summed E-state index contributed by atoms with van der Waals surface area (Å²) < 4.78 is 12.7. The van der Waals surface area contributed by atoms with Gasteiger partial charge >= 0.3 is 0 Å². The van der Waals surface area contributed by atoms with Crippen molar-refractivity contribution in [2.75, 3.05) is 12.5 Å². The Bertz CT molecular complexity index is 1000. The third-order valence-electron chi connectivity index (χ3n) is 4.45. The summed E-state index contributed by atoms with van der Waals surface area (Å²) in [5.41, 5.74) is 2.81. The summed E-state index contributed by atoms with van der Waals surface area (Å²) in [6.45, 7) is 5.04. The van der Waals surface area contributed by atoms with Gasteiger partial charge in [0.2, 0.25) is 6.79 Å². The van der Waals surface area contributed by atoms with Crippen LogP contribution in [0.5, 0.6) is 11.5 Å². The predicted molar refractivity (Wildman–Crippen MR) is 103 cm³/mol. The van der Waals surface area contributed by atoms with Crippen molar-refractivity contribution in [1.29, 1.82) is 0 Å². The lowest BCUT2D eigenvalue weighted by molar-refractivity contribution is 0.102. The zero-order valence-corrected chi connectivity index (χ0v) is 16.0. The molecular weight excluding hydrogens is 362 g/mol. The standard InChI is InChI=1S/C20H19N3O3S/c1-3-23-19(15-7-5-4-6-13(15)2)21-22-20(23)27-11-16(24)14-8-9-17-18(10-14)26-12-25-17/h4-10H,3,11-12H2,1-2H3. The first-order valence-electron chi connectivity index (χ1n) is 8.72. The van der Waals surface area contributed by atoms with Crippen LogP contribution in [-0.4, -0.2) is 33.1 Å². The lowest BCUT2D eigenvalue weighted by atomic mass is 10.1. The summed E-state index contributed by atoms with van der Waals surface area (Å²) in [5.74, 6) is 2.41. The number of ketones is 1. The van der Waals surface area contributed by atoms with E-state index in [0.29, 0.717) is 17.1 Å². The number of rotatable bonds is 6. The average Bonchev–Trinajstić information content (AvgIpc) is 3.32. The van der Waals surface area contributed by atoms with Gasteiger partial charge in [0.15, 0.2) is 28.3 Å². The van der Waals surface area contributed by atoms with Crippen LogP contribution in [0.1, 0.15) is 22.8 Å². The number of Topliss-reactive ketones (excluding diaryl/α,β-unsaturated/α-hetero) is 1. The van der Waals surface area contributed by atoms with E-state index in [0.717, 1.165) is 28.7 Å². The Morgan fingerprint density at radius 3 is 2.78 bits per heavy atom. The van der Waals surface area contributed by atoms with Crippen molar-refractivity contribution in [3.8, 4) is 22.9 Å². The van der Waals surface area contributed by atoms with Crippen molar-refractivity contribution >= 4 is 17.5 Å². The van der Waals surface area contributed by atoms with E-state index in [4.69, 9.17) is 9.47 Å². The Morgan fingerprint density at radius 1 is 1.15 bits per heavy atom. The van der Waals surface area contributed by atoms with Gasteiger partial charge in [-0.15, -0.1) is 10.2 Å². The maximum absolute atomic E-state index is 12.6. The molecule has 0 fully saturated rings.